The zero-order valence-corrected chi connectivity index (χ0v) is 23.0. The highest BCUT2D eigenvalue weighted by atomic mass is 32.1. The molecule has 1 aliphatic heterocycles. The van der Waals surface area contributed by atoms with Crippen molar-refractivity contribution in [2.45, 2.75) is 39.7 Å². The van der Waals surface area contributed by atoms with Gasteiger partial charge in [-0.3, -0.25) is 9.36 Å². The van der Waals surface area contributed by atoms with Crippen molar-refractivity contribution in [2.75, 3.05) is 13.7 Å². The molecule has 4 aromatic rings. The minimum Gasteiger partial charge on any atom is -0.496 e. The van der Waals surface area contributed by atoms with Gasteiger partial charge in [-0.15, -0.1) is 0 Å². The molecule has 0 fully saturated rings. The van der Waals surface area contributed by atoms with Crippen molar-refractivity contribution in [3.8, 4) is 5.75 Å². The van der Waals surface area contributed by atoms with Gasteiger partial charge in [0.15, 0.2) is 4.80 Å². The number of hydrogen-bond donors (Lipinski definition) is 0. The first-order chi connectivity index (χ1) is 18.3. The minimum atomic E-state index is -0.753. The predicted molar refractivity (Wildman–Crippen MR) is 151 cm³/mol. The Morgan fingerprint density at radius 2 is 1.84 bits per heavy atom. The molecule has 6 nitrogen and oxygen atoms in total. The largest absolute Gasteiger partial charge is 0.496 e. The topological polar surface area (TPSA) is 69.9 Å². The maximum atomic E-state index is 14.0. The summed E-state index contributed by atoms with van der Waals surface area (Å²) in [6.07, 6.45) is 1.88. The number of benzene rings is 3. The number of fused-ring (bicyclic) bond motifs is 2. The SMILES string of the molecule is CCOC(=O)C1=C(C)N=c2sc(=Cc3ccc(C(C)C)cc3)c(=O)n2[C@@H]1c1c(OC)ccc2ccccc12. The van der Waals surface area contributed by atoms with Gasteiger partial charge in [0.25, 0.3) is 5.56 Å². The van der Waals surface area contributed by atoms with Gasteiger partial charge in [0.2, 0.25) is 0 Å². The number of aromatic nitrogens is 1. The standard InChI is InChI=1S/C31H30N2O4S/c1-6-37-30(35)26-19(4)32-31-33(28(26)27-23-10-8-7-9-22(23)15-16-24(27)36-5)29(34)25(38-31)17-20-11-13-21(14-12-20)18(2)3/h7-18,28H,6H2,1-5H3/t28-/m0/s1. The van der Waals surface area contributed by atoms with Gasteiger partial charge in [-0.2, -0.15) is 0 Å². The van der Waals surface area contributed by atoms with E-state index in [9.17, 15) is 9.59 Å². The summed E-state index contributed by atoms with van der Waals surface area (Å²) in [5, 5.41) is 1.88. The lowest BCUT2D eigenvalue weighted by Gasteiger charge is -2.27. The van der Waals surface area contributed by atoms with E-state index >= 15 is 0 Å². The monoisotopic (exact) mass is 526 g/mol. The van der Waals surface area contributed by atoms with Gasteiger partial charge < -0.3 is 9.47 Å². The lowest BCUT2D eigenvalue weighted by molar-refractivity contribution is -0.139. The molecule has 0 unspecified atom stereocenters. The van der Waals surface area contributed by atoms with Crippen LogP contribution in [-0.4, -0.2) is 24.3 Å². The first kappa shape index (κ1) is 25.7. The molecule has 1 aromatic heterocycles. The molecule has 2 heterocycles. The number of carbonyl (C=O) groups excluding carboxylic acids is 1. The molecule has 5 rings (SSSR count). The minimum absolute atomic E-state index is 0.212. The molecule has 7 heteroatoms. The van der Waals surface area contributed by atoms with Crippen molar-refractivity contribution >= 4 is 34.2 Å². The Labute approximate surface area is 225 Å². The number of methoxy groups -OCH3 is 1. The summed E-state index contributed by atoms with van der Waals surface area (Å²) in [5.74, 6) is 0.519. The van der Waals surface area contributed by atoms with Gasteiger partial charge in [0.05, 0.1) is 29.5 Å². The number of hydrogen-bond acceptors (Lipinski definition) is 6. The van der Waals surface area contributed by atoms with Crippen LogP contribution in [0, 0.1) is 0 Å². The van der Waals surface area contributed by atoms with E-state index < -0.39 is 12.0 Å². The second-order valence-corrected chi connectivity index (χ2v) is 10.5. The number of allylic oxidation sites excluding steroid dienone is 1. The number of ether oxygens (including phenoxy) is 2. The van der Waals surface area contributed by atoms with E-state index in [0.29, 0.717) is 32.3 Å². The second-order valence-electron chi connectivity index (χ2n) is 9.53. The first-order valence-electron chi connectivity index (χ1n) is 12.7. The predicted octanol–water partition coefficient (Wildman–Crippen LogP) is 5.08. The van der Waals surface area contributed by atoms with E-state index in [1.807, 2.05) is 54.6 Å². The average Bonchev–Trinajstić information content (AvgIpc) is 3.21. The van der Waals surface area contributed by atoms with Gasteiger partial charge in [0, 0.05) is 5.56 Å². The quantitative estimate of drug-likeness (QED) is 0.329. The summed E-state index contributed by atoms with van der Waals surface area (Å²) in [4.78, 5) is 32.6. The van der Waals surface area contributed by atoms with Gasteiger partial charge in [-0.25, -0.2) is 9.79 Å². The third-order valence-electron chi connectivity index (χ3n) is 6.84. The van der Waals surface area contributed by atoms with Crippen molar-refractivity contribution < 1.29 is 14.3 Å². The van der Waals surface area contributed by atoms with Gasteiger partial charge >= 0.3 is 5.97 Å². The molecule has 1 atom stereocenters. The highest BCUT2D eigenvalue weighted by Gasteiger charge is 2.36. The fourth-order valence-corrected chi connectivity index (χ4v) is 5.98. The summed E-state index contributed by atoms with van der Waals surface area (Å²) >= 11 is 1.32. The van der Waals surface area contributed by atoms with Crippen LogP contribution >= 0.6 is 11.3 Å². The Kier molecular flexibility index (Phi) is 7.04. The summed E-state index contributed by atoms with van der Waals surface area (Å²) < 4.78 is 13.4. The molecule has 0 bridgehead atoms. The maximum absolute atomic E-state index is 14.0. The Morgan fingerprint density at radius 1 is 1.11 bits per heavy atom. The number of esters is 1. The third-order valence-corrected chi connectivity index (χ3v) is 7.82. The Morgan fingerprint density at radius 3 is 2.53 bits per heavy atom. The Bertz CT molecular complexity index is 1740. The van der Waals surface area contributed by atoms with Crippen LogP contribution in [0.25, 0.3) is 16.8 Å². The number of nitrogens with zero attached hydrogens (tertiary/aromatic N) is 2. The fraction of sp³-hybridized carbons (Fsp3) is 0.258. The molecule has 0 aliphatic carbocycles. The van der Waals surface area contributed by atoms with Gasteiger partial charge in [0.1, 0.15) is 11.8 Å². The van der Waals surface area contributed by atoms with E-state index in [4.69, 9.17) is 14.5 Å². The Hall–Kier alpha value is -3.97. The van der Waals surface area contributed by atoms with E-state index in [1.54, 1.807) is 25.5 Å². The van der Waals surface area contributed by atoms with Crippen molar-refractivity contribution in [3.05, 3.63) is 108 Å². The van der Waals surface area contributed by atoms with Gasteiger partial charge in [-0.05, 0) is 53.8 Å². The van der Waals surface area contributed by atoms with E-state index in [-0.39, 0.29) is 12.2 Å². The molecule has 0 saturated heterocycles. The van der Waals surface area contributed by atoms with E-state index in [0.717, 1.165) is 21.9 Å². The van der Waals surface area contributed by atoms with Crippen molar-refractivity contribution in [1.82, 2.24) is 4.57 Å². The lowest BCUT2D eigenvalue weighted by atomic mass is 9.90. The molecule has 194 valence electrons. The summed E-state index contributed by atoms with van der Waals surface area (Å²) in [6, 6.07) is 19.2. The molecule has 0 spiro atoms. The van der Waals surface area contributed by atoms with Gasteiger partial charge in [-0.1, -0.05) is 79.8 Å². The highest BCUT2D eigenvalue weighted by molar-refractivity contribution is 7.07. The van der Waals surface area contributed by atoms with Crippen LogP contribution in [0.3, 0.4) is 0 Å². The highest BCUT2D eigenvalue weighted by Crippen LogP contribution is 2.40. The van der Waals surface area contributed by atoms with Crippen LogP contribution in [0.2, 0.25) is 0 Å². The molecule has 0 amide bonds. The molecule has 0 saturated carbocycles. The summed E-state index contributed by atoms with van der Waals surface area (Å²) in [6.45, 7) is 8.07. The summed E-state index contributed by atoms with van der Waals surface area (Å²) in [5.41, 5.74) is 3.55. The second kappa shape index (κ2) is 10.4. The van der Waals surface area contributed by atoms with Crippen LogP contribution in [-0.2, 0) is 9.53 Å². The normalized spacial score (nSPS) is 15.5. The molecular formula is C31H30N2O4S. The van der Waals surface area contributed by atoms with Crippen LogP contribution in [0.5, 0.6) is 5.75 Å². The number of carbonyl (C=O) groups is 1. The summed E-state index contributed by atoms with van der Waals surface area (Å²) in [7, 11) is 1.60. The Balaban J connectivity index is 1.80. The third kappa shape index (κ3) is 4.47. The van der Waals surface area contributed by atoms with Crippen LogP contribution in [0.4, 0.5) is 0 Å². The molecule has 0 radical (unpaired) electrons. The van der Waals surface area contributed by atoms with Crippen molar-refractivity contribution in [3.63, 3.8) is 0 Å². The zero-order chi connectivity index (χ0) is 27.0. The van der Waals surface area contributed by atoms with E-state index in [2.05, 4.69) is 26.0 Å². The van der Waals surface area contributed by atoms with Crippen molar-refractivity contribution in [1.29, 1.82) is 0 Å². The molecule has 0 N–H and O–H groups in total. The van der Waals surface area contributed by atoms with Crippen LogP contribution in [0.1, 0.15) is 56.3 Å². The lowest BCUT2D eigenvalue weighted by Crippen LogP contribution is -2.40. The molecular weight excluding hydrogens is 496 g/mol. The first-order valence-corrected chi connectivity index (χ1v) is 13.5. The molecule has 1 aliphatic rings. The number of thiazole rings is 1. The zero-order valence-electron chi connectivity index (χ0n) is 22.1. The maximum Gasteiger partial charge on any atom is 0.338 e. The average molecular weight is 527 g/mol. The number of rotatable bonds is 6. The molecule has 3 aromatic carbocycles. The van der Waals surface area contributed by atoms with E-state index in [1.165, 1.54) is 16.9 Å². The van der Waals surface area contributed by atoms with Crippen LogP contribution in [0.15, 0.2) is 81.7 Å². The smallest absolute Gasteiger partial charge is 0.338 e. The molecule has 38 heavy (non-hydrogen) atoms. The fourth-order valence-electron chi connectivity index (χ4n) is 4.93. The van der Waals surface area contributed by atoms with Crippen molar-refractivity contribution in [2.24, 2.45) is 4.99 Å². The van der Waals surface area contributed by atoms with Crippen LogP contribution < -0.4 is 19.6 Å².